The highest BCUT2D eigenvalue weighted by Crippen LogP contribution is 2.31. The van der Waals surface area contributed by atoms with Crippen LogP contribution in [0.25, 0.3) is 10.4 Å². The van der Waals surface area contributed by atoms with E-state index in [9.17, 15) is 14.7 Å². The minimum Gasteiger partial charge on any atom is -0.497 e. The normalized spacial score (nSPS) is 10.7. The number of carbonyl (C=O) groups excluding carboxylic acids is 1. The standard InChI is InChI=1S/C23H21N3O4S/c1-30-17-9-7-15(8-10-17)20-12-11-18(31-20)13-19-22(28)26(23(29)25-19)14-21(27)24-16-5-3-2-4-6-16/h2-12,28H,13-14H2,1H3,(H,24,27)(H,25,29). The second-order valence-corrected chi connectivity index (χ2v) is 8.07. The predicted octanol–water partition coefficient (Wildman–Crippen LogP) is 3.85. The highest BCUT2D eigenvalue weighted by atomic mass is 32.1. The van der Waals surface area contributed by atoms with Crippen LogP contribution < -0.4 is 15.7 Å². The number of nitrogens with one attached hydrogen (secondary N) is 2. The highest BCUT2D eigenvalue weighted by molar-refractivity contribution is 7.15. The molecule has 0 aliphatic rings. The molecule has 4 rings (SSSR count). The Morgan fingerprint density at radius 2 is 1.84 bits per heavy atom. The lowest BCUT2D eigenvalue weighted by atomic mass is 10.2. The van der Waals surface area contributed by atoms with Crippen LogP contribution in [-0.2, 0) is 17.8 Å². The van der Waals surface area contributed by atoms with Gasteiger partial charge in [-0.1, -0.05) is 18.2 Å². The number of ether oxygens (including phenoxy) is 1. The number of hydrogen-bond donors (Lipinski definition) is 3. The maximum absolute atomic E-state index is 12.3. The van der Waals surface area contributed by atoms with E-state index < -0.39 is 11.6 Å². The number of thiophene rings is 1. The largest absolute Gasteiger partial charge is 0.497 e. The van der Waals surface area contributed by atoms with Gasteiger partial charge in [-0.15, -0.1) is 11.3 Å². The van der Waals surface area contributed by atoms with Gasteiger partial charge in [-0.25, -0.2) is 4.79 Å². The van der Waals surface area contributed by atoms with Gasteiger partial charge in [0.25, 0.3) is 0 Å². The number of nitrogens with zero attached hydrogens (tertiary/aromatic N) is 1. The molecule has 158 valence electrons. The van der Waals surface area contributed by atoms with E-state index in [0.717, 1.165) is 25.6 Å². The Morgan fingerprint density at radius 1 is 1.10 bits per heavy atom. The van der Waals surface area contributed by atoms with Gasteiger partial charge in [0.2, 0.25) is 11.8 Å². The molecule has 2 aromatic heterocycles. The Hall–Kier alpha value is -3.78. The number of rotatable bonds is 7. The van der Waals surface area contributed by atoms with Crippen LogP contribution in [0.2, 0.25) is 0 Å². The van der Waals surface area contributed by atoms with E-state index in [-0.39, 0.29) is 12.4 Å². The first kappa shape index (κ1) is 20.5. The number of carbonyl (C=O) groups is 1. The van der Waals surface area contributed by atoms with Gasteiger partial charge in [-0.05, 0) is 54.1 Å². The number of aromatic hydroxyl groups is 1. The van der Waals surface area contributed by atoms with Crippen molar-refractivity contribution in [1.82, 2.24) is 9.55 Å². The van der Waals surface area contributed by atoms with E-state index in [4.69, 9.17) is 4.74 Å². The molecule has 0 spiro atoms. The van der Waals surface area contributed by atoms with Crippen molar-refractivity contribution in [3.8, 4) is 22.1 Å². The summed E-state index contributed by atoms with van der Waals surface area (Å²) < 4.78 is 6.22. The smallest absolute Gasteiger partial charge is 0.329 e. The van der Waals surface area contributed by atoms with Gasteiger partial charge in [0, 0.05) is 21.9 Å². The molecule has 7 nitrogen and oxygen atoms in total. The summed E-state index contributed by atoms with van der Waals surface area (Å²) in [5, 5.41) is 13.2. The first-order valence-corrected chi connectivity index (χ1v) is 10.4. The van der Waals surface area contributed by atoms with Crippen LogP contribution in [0.3, 0.4) is 0 Å². The van der Waals surface area contributed by atoms with E-state index in [1.165, 1.54) is 0 Å². The molecule has 0 radical (unpaired) electrons. The fraction of sp³-hybridized carbons (Fsp3) is 0.130. The molecule has 2 aromatic carbocycles. The summed E-state index contributed by atoms with van der Waals surface area (Å²) in [7, 11) is 1.63. The molecule has 0 aliphatic carbocycles. The van der Waals surface area contributed by atoms with Crippen molar-refractivity contribution in [2.24, 2.45) is 0 Å². The SMILES string of the molecule is COc1ccc(-c2ccc(Cc3[nH]c(=O)n(CC(=O)Nc4ccccc4)c3O)s2)cc1. The lowest BCUT2D eigenvalue weighted by Crippen LogP contribution is -2.25. The molecule has 31 heavy (non-hydrogen) atoms. The lowest BCUT2D eigenvalue weighted by molar-refractivity contribution is -0.116. The molecule has 0 aliphatic heterocycles. The third kappa shape index (κ3) is 4.70. The zero-order chi connectivity index (χ0) is 21.8. The lowest BCUT2D eigenvalue weighted by Gasteiger charge is -2.06. The summed E-state index contributed by atoms with van der Waals surface area (Å²) in [6.07, 6.45) is 0.356. The Bertz CT molecular complexity index is 1240. The molecule has 0 unspecified atom stereocenters. The first-order chi connectivity index (χ1) is 15.0. The number of benzene rings is 2. The fourth-order valence-electron chi connectivity index (χ4n) is 3.20. The summed E-state index contributed by atoms with van der Waals surface area (Å²) in [5.74, 6) is 0.167. The van der Waals surface area contributed by atoms with Crippen molar-refractivity contribution in [2.75, 3.05) is 12.4 Å². The number of imidazole rings is 1. The molecule has 0 saturated carbocycles. The molecule has 3 N–H and O–H groups in total. The molecule has 1 amide bonds. The number of aromatic amines is 1. The average Bonchev–Trinajstić information content (AvgIpc) is 3.35. The summed E-state index contributed by atoms with van der Waals surface area (Å²) in [5.41, 5.74) is 1.54. The molecule has 0 atom stereocenters. The number of para-hydroxylation sites is 1. The predicted molar refractivity (Wildman–Crippen MR) is 121 cm³/mol. The fourth-order valence-corrected chi connectivity index (χ4v) is 4.23. The van der Waals surface area contributed by atoms with Crippen molar-refractivity contribution >= 4 is 22.9 Å². The van der Waals surface area contributed by atoms with Crippen LogP contribution >= 0.6 is 11.3 Å². The maximum atomic E-state index is 12.3. The highest BCUT2D eigenvalue weighted by Gasteiger charge is 2.17. The number of H-pyrrole nitrogens is 1. The molecular formula is C23H21N3O4S. The third-order valence-corrected chi connectivity index (χ3v) is 5.91. The zero-order valence-electron chi connectivity index (χ0n) is 16.8. The van der Waals surface area contributed by atoms with Crippen molar-refractivity contribution in [3.63, 3.8) is 0 Å². The molecular weight excluding hydrogens is 414 g/mol. The molecule has 0 fully saturated rings. The van der Waals surface area contributed by atoms with Crippen LogP contribution in [0.4, 0.5) is 5.69 Å². The number of aromatic nitrogens is 2. The summed E-state index contributed by atoms with van der Waals surface area (Å²) in [6, 6.07) is 20.7. The van der Waals surface area contributed by atoms with Crippen LogP contribution in [0.15, 0.2) is 71.5 Å². The van der Waals surface area contributed by atoms with Crippen molar-refractivity contribution in [1.29, 1.82) is 0 Å². The van der Waals surface area contributed by atoms with Gasteiger partial charge in [0.15, 0.2) is 0 Å². The Morgan fingerprint density at radius 3 is 2.55 bits per heavy atom. The quantitative estimate of drug-likeness (QED) is 0.411. The van der Waals surface area contributed by atoms with E-state index in [1.807, 2.05) is 42.5 Å². The van der Waals surface area contributed by atoms with Crippen molar-refractivity contribution < 1.29 is 14.6 Å². The van der Waals surface area contributed by atoms with Crippen LogP contribution in [0.1, 0.15) is 10.6 Å². The van der Waals surface area contributed by atoms with Gasteiger partial charge in [-0.3, -0.25) is 9.36 Å². The van der Waals surface area contributed by atoms with Gasteiger partial charge >= 0.3 is 5.69 Å². The summed E-state index contributed by atoms with van der Waals surface area (Å²) in [4.78, 5) is 29.3. The van der Waals surface area contributed by atoms with Crippen LogP contribution in [0, 0.1) is 0 Å². The van der Waals surface area contributed by atoms with E-state index >= 15 is 0 Å². The van der Waals surface area contributed by atoms with E-state index in [0.29, 0.717) is 17.8 Å². The topological polar surface area (TPSA) is 96.4 Å². The van der Waals surface area contributed by atoms with E-state index in [1.54, 1.807) is 42.7 Å². The Kier molecular flexibility index (Phi) is 5.90. The first-order valence-electron chi connectivity index (χ1n) is 9.62. The van der Waals surface area contributed by atoms with Gasteiger partial charge in [-0.2, -0.15) is 0 Å². The van der Waals surface area contributed by atoms with Gasteiger partial charge in [0.05, 0.1) is 12.8 Å². The van der Waals surface area contributed by atoms with Crippen LogP contribution in [-0.4, -0.2) is 27.7 Å². The van der Waals surface area contributed by atoms with Gasteiger partial charge < -0.3 is 20.1 Å². The molecule has 8 heteroatoms. The third-order valence-electron chi connectivity index (χ3n) is 4.78. The van der Waals surface area contributed by atoms with Crippen molar-refractivity contribution in [2.45, 2.75) is 13.0 Å². The average molecular weight is 436 g/mol. The maximum Gasteiger partial charge on any atom is 0.329 e. The van der Waals surface area contributed by atoms with Crippen molar-refractivity contribution in [3.05, 3.63) is 87.8 Å². The number of methoxy groups -OCH3 is 1. The number of amides is 1. The summed E-state index contributed by atoms with van der Waals surface area (Å²) in [6.45, 7) is -0.280. The zero-order valence-corrected chi connectivity index (χ0v) is 17.6. The molecule has 0 bridgehead atoms. The number of anilines is 1. The Balaban J connectivity index is 1.47. The van der Waals surface area contributed by atoms with E-state index in [2.05, 4.69) is 10.3 Å². The monoisotopic (exact) mass is 435 g/mol. The van der Waals surface area contributed by atoms with Gasteiger partial charge in [0.1, 0.15) is 12.3 Å². The Labute approximate surface area is 182 Å². The molecule has 2 heterocycles. The second kappa shape index (κ2) is 8.93. The second-order valence-electron chi connectivity index (χ2n) is 6.90. The van der Waals surface area contributed by atoms with Crippen LogP contribution in [0.5, 0.6) is 11.6 Å². The number of hydrogen-bond acceptors (Lipinski definition) is 5. The minimum atomic E-state index is -0.525. The minimum absolute atomic E-state index is 0.229. The summed E-state index contributed by atoms with van der Waals surface area (Å²) >= 11 is 1.57. The molecule has 4 aromatic rings. The molecule has 0 saturated heterocycles.